The molecule has 8 heteroatoms. The predicted octanol–water partition coefficient (Wildman–Crippen LogP) is 6.03. The van der Waals surface area contributed by atoms with Gasteiger partial charge in [-0.1, -0.05) is 30.3 Å². The Bertz CT molecular complexity index is 1250. The fourth-order valence-electron chi connectivity index (χ4n) is 3.47. The van der Waals surface area contributed by atoms with E-state index in [-0.39, 0.29) is 12.3 Å². The van der Waals surface area contributed by atoms with Gasteiger partial charge in [0.15, 0.2) is 0 Å². The number of H-pyrrole nitrogens is 1. The molecule has 1 heterocycles. The molecule has 0 saturated carbocycles. The van der Waals surface area contributed by atoms with E-state index in [2.05, 4.69) is 15.6 Å². The van der Waals surface area contributed by atoms with E-state index >= 15 is 0 Å². The summed E-state index contributed by atoms with van der Waals surface area (Å²) in [4.78, 5) is 15.5. The average molecular weight is 439 g/mol. The lowest BCUT2D eigenvalue weighted by Gasteiger charge is -2.10. The van der Waals surface area contributed by atoms with Gasteiger partial charge in [0.05, 0.1) is 11.3 Å². The summed E-state index contributed by atoms with van der Waals surface area (Å²) < 4.78 is 38.1. The number of aliphatic hydroxyl groups is 1. The maximum atomic E-state index is 12.7. The van der Waals surface area contributed by atoms with Crippen LogP contribution in [0.3, 0.4) is 0 Å². The molecule has 0 aliphatic carbocycles. The molecule has 3 aromatic carbocycles. The molecule has 4 N–H and O–H groups in total. The number of carbonyl (C=O) groups excluding carboxylic acids is 1. The van der Waals surface area contributed by atoms with Gasteiger partial charge in [-0.3, -0.25) is 0 Å². The molecule has 0 unspecified atom stereocenters. The standard InChI is InChI=1S/C24H20F3N3O2/c25-24(26,27)18-5-7-19(8-6-18)29-23(32)30-22-14-28-21-9-4-17(13-20(21)22)16-3-1-2-15(12-16)10-11-31/h1-9,12-14,28,31H,10-11H2,(H2,29,30,32). The summed E-state index contributed by atoms with van der Waals surface area (Å²) in [5.41, 5.74) is 3.78. The Balaban J connectivity index is 1.52. The van der Waals surface area contributed by atoms with Crippen LogP contribution in [0.1, 0.15) is 11.1 Å². The molecule has 0 fully saturated rings. The van der Waals surface area contributed by atoms with Crippen LogP contribution in [0.15, 0.2) is 72.9 Å². The van der Waals surface area contributed by atoms with Crippen molar-refractivity contribution in [1.29, 1.82) is 0 Å². The first-order chi connectivity index (χ1) is 15.3. The van der Waals surface area contributed by atoms with E-state index in [1.807, 2.05) is 42.5 Å². The topological polar surface area (TPSA) is 77.2 Å². The van der Waals surface area contributed by atoms with Gasteiger partial charge >= 0.3 is 12.2 Å². The molecule has 5 nitrogen and oxygen atoms in total. The van der Waals surface area contributed by atoms with Crippen LogP contribution in [-0.4, -0.2) is 22.7 Å². The number of hydrogen-bond donors (Lipinski definition) is 4. The molecule has 0 saturated heterocycles. The Morgan fingerprint density at radius 1 is 0.938 bits per heavy atom. The average Bonchev–Trinajstić information content (AvgIpc) is 3.16. The summed E-state index contributed by atoms with van der Waals surface area (Å²) in [5.74, 6) is 0. The van der Waals surface area contributed by atoms with Gasteiger partial charge in [0.1, 0.15) is 0 Å². The highest BCUT2D eigenvalue weighted by atomic mass is 19.4. The number of alkyl halides is 3. The number of hydrogen-bond acceptors (Lipinski definition) is 2. The van der Waals surface area contributed by atoms with E-state index in [0.29, 0.717) is 12.1 Å². The van der Waals surface area contributed by atoms with Crippen LogP contribution in [0.2, 0.25) is 0 Å². The number of rotatable bonds is 5. The van der Waals surface area contributed by atoms with Gasteiger partial charge in [-0.25, -0.2) is 4.79 Å². The zero-order valence-corrected chi connectivity index (χ0v) is 16.8. The molecule has 164 valence electrons. The molecule has 32 heavy (non-hydrogen) atoms. The molecule has 4 aromatic rings. The number of urea groups is 1. The van der Waals surface area contributed by atoms with Crippen molar-refractivity contribution < 1.29 is 23.1 Å². The minimum Gasteiger partial charge on any atom is -0.396 e. The number of benzene rings is 3. The van der Waals surface area contributed by atoms with Crippen LogP contribution in [-0.2, 0) is 12.6 Å². The zero-order valence-electron chi connectivity index (χ0n) is 16.8. The normalized spacial score (nSPS) is 11.5. The monoisotopic (exact) mass is 439 g/mol. The lowest BCUT2D eigenvalue weighted by Crippen LogP contribution is -2.19. The molecule has 4 rings (SSSR count). The molecule has 0 radical (unpaired) electrons. The first-order valence-electron chi connectivity index (χ1n) is 9.90. The largest absolute Gasteiger partial charge is 0.416 e. The van der Waals surface area contributed by atoms with Crippen molar-refractivity contribution in [3.05, 3.63) is 84.1 Å². The highest BCUT2D eigenvalue weighted by Crippen LogP contribution is 2.31. The number of nitrogens with one attached hydrogen (secondary N) is 3. The van der Waals surface area contributed by atoms with Crippen molar-refractivity contribution in [2.75, 3.05) is 17.2 Å². The maximum Gasteiger partial charge on any atom is 0.416 e. The summed E-state index contributed by atoms with van der Waals surface area (Å²) >= 11 is 0. The Hall–Kier alpha value is -3.78. The Morgan fingerprint density at radius 3 is 2.41 bits per heavy atom. The van der Waals surface area contributed by atoms with E-state index in [1.54, 1.807) is 6.20 Å². The zero-order chi connectivity index (χ0) is 22.7. The highest BCUT2D eigenvalue weighted by molar-refractivity contribution is 6.06. The van der Waals surface area contributed by atoms with Crippen molar-refractivity contribution in [1.82, 2.24) is 4.98 Å². The Kier molecular flexibility index (Phi) is 5.87. The predicted molar refractivity (Wildman–Crippen MR) is 119 cm³/mol. The maximum absolute atomic E-state index is 12.7. The SMILES string of the molecule is O=C(Nc1ccc(C(F)(F)F)cc1)Nc1c[nH]c2ccc(-c3cccc(CCO)c3)cc12. The summed E-state index contributed by atoms with van der Waals surface area (Å²) in [6, 6.07) is 17.3. The van der Waals surface area contributed by atoms with Crippen molar-refractivity contribution >= 4 is 28.3 Å². The fraction of sp³-hybridized carbons (Fsp3) is 0.125. The van der Waals surface area contributed by atoms with Gasteiger partial charge in [-0.05, 0) is 59.5 Å². The number of aromatic amines is 1. The Labute approximate surface area is 181 Å². The van der Waals surface area contributed by atoms with E-state index in [0.717, 1.165) is 39.7 Å². The number of anilines is 2. The summed E-state index contributed by atoms with van der Waals surface area (Å²) in [6.45, 7) is 0.0718. The van der Waals surface area contributed by atoms with Crippen LogP contribution in [0.5, 0.6) is 0 Å². The molecule has 2 amide bonds. The van der Waals surface area contributed by atoms with Gasteiger partial charge in [0, 0.05) is 29.4 Å². The second-order valence-corrected chi connectivity index (χ2v) is 7.29. The number of aliphatic hydroxyl groups excluding tert-OH is 1. The second-order valence-electron chi connectivity index (χ2n) is 7.29. The second kappa shape index (κ2) is 8.76. The van der Waals surface area contributed by atoms with E-state index in [9.17, 15) is 18.0 Å². The molecule has 0 spiro atoms. The third-order valence-corrected chi connectivity index (χ3v) is 5.06. The smallest absolute Gasteiger partial charge is 0.396 e. The third-order valence-electron chi connectivity index (χ3n) is 5.06. The molecule has 0 bridgehead atoms. The first-order valence-corrected chi connectivity index (χ1v) is 9.90. The minimum absolute atomic E-state index is 0.0718. The number of aromatic nitrogens is 1. The summed E-state index contributed by atoms with van der Waals surface area (Å²) in [6.07, 6.45) is -2.21. The third kappa shape index (κ3) is 4.76. The molecule has 0 aliphatic rings. The van der Waals surface area contributed by atoms with Gasteiger partial charge in [-0.15, -0.1) is 0 Å². The van der Waals surface area contributed by atoms with Crippen LogP contribution >= 0.6 is 0 Å². The Morgan fingerprint density at radius 2 is 1.69 bits per heavy atom. The molecular weight excluding hydrogens is 419 g/mol. The van der Waals surface area contributed by atoms with Crippen LogP contribution in [0.4, 0.5) is 29.3 Å². The van der Waals surface area contributed by atoms with Crippen molar-refractivity contribution in [3.8, 4) is 11.1 Å². The van der Waals surface area contributed by atoms with Crippen LogP contribution < -0.4 is 10.6 Å². The van der Waals surface area contributed by atoms with Crippen LogP contribution in [0.25, 0.3) is 22.0 Å². The van der Waals surface area contributed by atoms with Gasteiger partial charge in [0.25, 0.3) is 0 Å². The number of halogens is 3. The quantitative estimate of drug-likeness (QED) is 0.306. The molecule has 1 aromatic heterocycles. The van der Waals surface area contributed by atoms with Crippen LogP contribution in [0, 0.1) is 0 Å². The molecule has 0 aliphatic heterocycles. The molecular formula is C24H20F3N3O2. The van der Waals surface area contributed by atoms with E-state index < -0.39 is 17.8 Å². The van der Waals surface area contributed by atoms with Crippen molar-refractivity contribution in [2.24, 2.45) is 0 Å². The highest BCUT2D eigenvalue weighted by Gasteiger charge is 2.30. The molecule has 0 atom stereocenters. The summed E-state index contributed by atoms with van der Waals surface area (Å²) in [7, 11) is 0. The van der Waals surface area contributed by atoms with E-state index in [4.69, 9.17) is 5.11 Å². The minimum atomic E-state index is -4.43. The first kappa shape index (κ1) is 21.5. The lowest BCUT2D eigenvalue weighted by molar-refractivity contribution is -0.137. The fourth-order valence-corrected chi connectivity index (χ4v) is 3.47. The number of carbonyl (C=O) groups is 1. The van der Waals surface area contributed by atoms with Gasteiger partial charge in [0.2, 0.25) is 0 Å². The van der Waals surface area contributed by atoms with Crippen molar-refractivity contribution in [2.45, 2.75) is 12.6 Å². The summed E-state index contributed by atoms with van der Waals surface area (Å²) in [5, 5.41) is 15.2. The number of fused-ring (bicyclic) bond motifs is 1. The van der Waals surface area contributed by atoms with Crippen molar-refractivity contribution in [3.63, 3.8) is 0 Å². The lowest BCUT2D eigenvalue weighted by atomic mass is 10.0. The number of amides is 2. The van der Waals surface area contributed by atoms with Gasteiger partial charge in [-0.2, -0.15) is 13.2 Å². The van der Waals surface area contributed by atoms with Gasteiger partial charge < -0.3 is 20.7 Å². The van der Waals surface area contributed by atoms with E-state index in [1.165, 1.54) is 12.1 Å².